The van der Waals surface area contributed by atoms with E-state index in [1.165, 1.54) is 24.0 Å². The number of benzene rings is 2. The first kappa shape index (κ1) is 17.5. The molecule has 26 heavy (non-hydrogen) atoms. The van der Waals surface area contributed by atoms with Crippen molar-refractivity contribution in [1.82, 2.24) is 9.97 Å². The van der Waals surface area contributed by atoms with Crippen LogP contribution in [0.1, 0.15) is 21.5 Å². The molecule has 0 atom stereocenters. The molecule has 0 fully saturated rings. The molecule has 2 aromatic carbocycles. The van der Waals surface area contributed by atoms with Crippen LogP contribution in [0.4, 0.5) is 26.1 Å². The van der Waals surface area contributed by atoms with E-state index in [2.05, 4.69) is 20.6 Å². The molecule has 3 rings (SSSR count). The third-order valence-corrected chi connectivity index (χ3v) is 3.85. The lowest BCUT2D eigenvalue weighted by molar-refractivity contribution is 0.102. The Kier molecular flexibility index (Phi) is 4.88. The van der Waals surface area contributed by atoms with E-state index >= 15 is 0 Å². The fourth-order valence-electron chi connectivity index (χ4n) is 2.24. The zero-order chi connectivity index (χ0) is 18.7. The molecule has 2 N–H and O–H groups in total. The maximum Gasteiger partial charge on any atom is 0.258 e. The van der Waals surface area contributed by atoms with E-state index in [1.807, 2.05) is 32.0 Å². The molecule has 1 amide bonds. The van der Waals surface area contributed by atoms with E-state index in [1.54, 1.807) is 0 Å². The van der Waals surface area contributed by atoms with Crippen LogP contribution in [0.15, 0.2) is 48.8 Å². The van der Waals surface area contributed by atoms with Crippen LogP contribution in [0.2, 0.25) is 0 Å². The molecule has 5 nitrogen and oxygen atoms in total. The van der Waals surface area contributed by atoms with Crippen LogP contribution in [-0.2, 0) is 0 Å². The Morgan fingerprint density at radius 1 is 0.885 bits per heavy atom. The molecule has 3 aromatic rings. The maximum atomic E-state index is 13.2. The highest BCUT2D eigenvalue weighted by molar-refractivity contribution is 6.03. The number of rotatable bonds is 4. The minimum atomic E-state index is -1.04. The second-order valence-electron chi connectivity index (χ2n) is 5.80. The van der Waals surface area contributed by atoms with Crippen LogP contribution < -0.4 is 10.6 Å². The van der Waals surface area contributed by atoms with Crippen molar-refractivity contribution < 1.29 is 13.6 Å². The lowest BCUT2D eigenvalue weighted by atomic mass is 10.1. The highest BCUT2D eigenvalue weighted by atomic mass is 19.2. The van der Waals surface area contributed by atoms with Gasteiger partial charge in [0.05, 0.1) is 5.56 Å². The fraction of sp³-hybridized carbons (Fsp3) is 0.105. The van der Waals surface area contributed by atoms with E-state index in [-0.39, 0.29) is 11.3 Å². The predicted octanol–water partition coefficient (Wildman–Crippen LogP) is 4.37. The van der Waals surface area contributed by atoms with Gasteiger partial charge in [-0.05, 0) is 49.2 Å². The maximum absolute atomic E-state index is 13.2. The van der Waals surface area contributed by atoms with E-state index in [0.29, 0.717) is 5.95 Å². The third kappa shape index (κ3) is 4.00. The third-order valence-electron chi connectivity index (χ3n) is 3.85. The summed E-state index contributed by atoms with van der Waals surface area (Å²) in [6.07, 6.45) is 2.71. The Morgan fingerprint density at radius 2 is 1.58 bits per heavy atom. The lowest BCUT2D eigenvalue weighted by Gasteiger charge is -2.08. The zero-order valence-corrected chi connectivity index (χ0v) is 14.2. The van der Waals surface area contributed by atoms with Crippen molar-refractivity contribution in [1.29, 1.82) is 0 Å². The summed E-state index contributed by atoms with van der Waals surface area (Å²) in [5.74, 6) is -2.19. The second kappa shape index (κ2) is 7.26. The Labute approximate surface area is 149 Å². The summed E-state index contributed by atoms with van der Waals surface area (Å²) >= 11 is 0. The first-order valence-corrected chi connectivity index (χ1v) is 7.85. The van der Waals surface area contributed by atoms with Gasteiger partial charge in [0.1, 0.15) is 0 Å². The van der Waals surface area contributed by atoms with E-state index < -0.39 is 17.5 Å². The number of carbonyl (C=O) groups is 1. The number of hydrogen-bond acceptors (Lipinski definition) is 4. The summed E-state index contributed by atoms with van der Waals surface area (Å²) in [6.45, 7) is 4.03. The second-order valence-corrected chi connectivity index (χ2v) is 5.80. The molecule has 1 aromatic heterocycles. The number of amides is 1. The van der Waals surface area contributed by atoms with Gasteiger partial charge in [0, 0.05) is 29.8 Å². The number of nitrogens with one attached hydrogen (secondary N) is 2. The summed E-state index contributed by atoms with van der Waals surface area (Å²) < 4.78 is 26.1. The molecule has 0 bridgehead atoms. The largest absolute Gasteiger partial charge is 0.324 e. The summed E-state index contributed by atoms with van der Waals surface area (Å²) in [4.78, 5) is 20.3. The van der Waals surface area contributed by atoms with Crippen LogP contribution in [0.5, 0.6) is 0 Å². The van der Waals surface area contributed by atoms with Crippen LogP contribution in [0.25, 0.3) is 0 Å². The average Bonchev–Trinajstić information content (AvgIpc) is 2.62. The zero-order valence-electron chi connectivity index (χ0n) is 14.2. The van der Waals surface area contributed by atoms with Crippen LogP contribution in [0.3, 0.4) is 0 Å². The smallest absolute Gasteiger partial charge is 0.258 e. The number of aromatic nitrogens is 2. The number of nitrogens with zero attached hydrogens (tertiary/aromatic N) is 2. The highest BCUT2D eigenvalue weighted by Gasteiger charge is 2.10. The van der Waals surface area contributed by atoms with Crippen LogP contribution >= 0.6 is 0 Å². The lowest BCUT2D eigenvalue weighted by Crippen LogP contribution is -2.13. The molecular weight excluding hydrogens is 338 g/mol. The number of hydrogen-bond donors (Lipinski definition) is 2. The molecule has 0 saturated heterocycles. The van der Waals surface area contributed by atoms with Gasteiger partial charge in [-0.15, -0.1) is 0 Å². The van der Waals surface area contributed by atoms with Crippen molar-refractivity contribution in [2.75, 3.05) is 10.6 Å². The highest BCUT2D eigenvalue weighted by Crippen LogP contribution is 2.18. The number of carbonyl (C=O) groups excluding carboxylic acids is 1. The topological polar surface area (TPSA) is 66.9 Å². The first-order chi connectivity index (χ1) is 12.4. The Bertz CT molecular complexity index is 958. The van der Waals surface area contributed by atoms with Crippen molar-refractivity contribution in [3.63, 3.8) is 0 Å². The van der Waals surface area contributed by atoms with Crippen molar-refractivity contribution in [2.45, 2.75) is 13.8 Å². The minimum absolute atomic E-state index is 0.145. The minimum Gasteiger partial charge on any atom is -0.324 e. The predicted molar refractivity (Wildman–Crippen MR) is 95.5 cm³/mol. The molecular formula is C19H16F2N4O. The normalized spacial score (nSPS) is 10.5. The van der Waals surface area contributed by atoms with Crippen molar-refractivity contribution in [2.24, 2.45) is 0 Å². The van der Waals surface area contributed by atoms with Gasteiger partial charge < -0.3 is 10.6 Å². The van der Waals surface area contributed by atoms with E-state index in [0.717, 1.165) is 23.4 Å². The number of anilines is 3. The Hall–Kier alpha value is -3.35. The fourth-order valence-corrected chi connectivity index (χ4v) is 2.24. The monoisotopic (exact) mass is 354 g/mol. The van der Waals surface area contributed by atoms with Gasteiger partial charge in [-0.1, -0.05) is 6.07 Å². The van der Waals surface area contributed by atoms with Gasteiger partial charge in [-0.25, -0.2) is 18.7 Å². The molecule has 0 aliphatic heterocycles. The van der Waals surface area contributed by atoms with Gasteiger partial charge in [-0.3, -0.25) is 4.79 Å². The summed E-state index contributed by atoms with van der Waals surface area (Å²) in [5, 5.41) is 5.52. The molecule has 0 radical (unpaired) electrons. The van der Waals surface area contributed by atoms with Gasteiger partial charge in [0.2, 0.25) is 5.95 Å². The standard InChI is InChI=1S/C19H16F2N4O/c1-11-3-4-14(7-12(11)2)25-19-22-9-13(10-23-19)18(26)24-15-5-6-16(20)17(21)8-15/h3-10H,1-2H3,(H,24,26)(H,22,23,25). The summed E-state index contributed by atoms with van der Waals surface area (Å²) in [7, 11) is 0. The molecule has 1 heterocycles. The van der Waals surface area contributed by atoms with E-state index in [4.69, 9.17) is 0 Å². The van der Waals surface area contributed by atoms with Crippen molar-refractivity contribution in [3.05, 3.63) is 77.1 Å². The SMILES string of the molecule is Cc1ccc(Nc2ncc(C(=O)Nc3ccc(F)c(F)c3)cn2)cc1C. The van der Waals surface area contributed by atoms with Crippen LogP contribution in [0, 0.1) is 25.5 Å². The van der Waals surface area contributed by atoms with Crippen LogP contribution in [-0.4, -0.2) is 15.9 Å². The Balaban J connectivity index is 1.69. The van der Waals surface area contributed by atoms with E-state index in [9.17, 15) is 13.6 Å². The quantitative estimate of drug-likeness (QED) is 0.730. The molecule has 0 unspecified atom stereocenters. The molecule has 0 spiro atoms. The summed E-state index contributed by atoms with van der Waals surface area (Å²) in [5.41, 5.74) is 3.50. The van der Waals surface area contributed by atoms with Gasteiger partial charge >= 0.3 is 0 Å². The average molecular weight is 354 g/mol. The number of halogens is 2. The van der Waals surface area contributed by atoms with Crippen molar-refractivity contribution in [3.8, 4) is 0 Å². The Morgan fingerprint density at radius 3 is 2.23 bits per heavy atom. The van der Waals surface area contributed by atoms with Gasteiger partial charge in [0.15, 0.2) is 11.6 Å². The first-order valence-electron chi connectivity index (χ1n) is 7.85. The van der Waals surface area contributed by atoms with Crippen molar-refractivity contribution >= 4 is 23.2 Å². The molecule has 0 saturated carbocycles. The molecule has 7 heteroatoms. The molecule has 0 aliphatic rings. The number of aryl methyl sites for hydroxylation is 2. The van der Waals surface area contributed by atoms with Gasteiger partial charge in [-0.2, -0.15) is 0 Å². The van der Waals surface area contributed by atoms with Gasteiger partial charge in [0.25, 0.3) is 5.91 Å². The molecule has 132 valence electrons. The summed E-state index contributed by atoms with van der Waals surface area (Å²) in [6, 6.07) is 8.99. The molecule has 0 aliphatic carbocycles.